The van der Waals surface area contributed by atoms with Gasteiger partial charge in [-0.1, -0.05) is 30.0 Å². The van der Waals surface area contributed by atoms with Crippen LogP contribution in [-0.2, 0) is 0 Å². The van der Waals surface area contributed by atoms with Crippen molar-refractivity contribution in [2.45, 2.75) is 19.4 Å². The molecule has 1 aliphatic heterocycles. The molecule has 0 bridgehead atoms. The van der Waals surface area contributed by atoms with Crippen molar-refractivity contribution in [3.05, 3.63) is 35.9 Å². The van der Waals surface area contributed by atoms with E-state index in [2.05, 4.69) is 16.7 Å². The molecule has 2 heteroatoms. The molecule has 1 heterocycles. The molecule has 0 spiro atoms. The van der Waals surface area contributed by atoms with E-state index in [1.54, 1.807) is 0 Å². The Hall–Kier alpha value is -1.30. The van der Waals surface area contributed by atoms with E-state index in [4.69, 9.17) is 0 Å². The van der Waals surface area contributed by atoms with Gasteiger partial charge in [-0.3, -0.25) is 4.90 Å². The molecule has 1 aromatic rings. The van der Waals surface area contributed by atoms with Crippen molar-refractivity contribution in [2.75, 3.05) is 19.6 Å². The SMILES string of the molecule is CC(O)C1CCN(CC#Cc2ccccc2)C1. The standard InChI is InChI=1S/C15H19NO/c1-13(17)15-9-11-16(12-15)10-5-8-14-6-3-2-4-7-14/h2-4,6-7,13,15,17H,9-12H2,1H3. The van der Waals surface area contributed by atoms with Crippen molar-refractivity contribution in [1.82, 2.24) is 4.90 Å². The highest BCUT2D eigenvalue weighted by Crippen LogP contribution is 2.18. The molecular weight excluding hydrogens is 210 g/mol. The first-order valence-corrected chi connectivity index (χ1v) is 6.20. The van der Waals surface area contributed by atoms with Crippen molar-refractivity contribution in [3.63, 3.8) is 0 Å². The highest BCUT2D eigenvalue weighted by Gasteiger charge is 2.24. The Kier molecular flexibility index (Phi) is 4.19. The molecule has 0 radical (unpaired) electrons. The summed E-state index contributed by atoms with van der Waals surface area (Å²) >= 11 is 0. The largest absolute Gasteiger partial charge is 0.393 e. The number of rotatable bonds is 2. The van der Waals surface area contributed by atoms with Gasteiger partial charge in [-0.2, -0.15) is 0 Å². The predicted octanol–water partition coefficient (Wildman–Crippen LogP) is 1.74. The second-order valence-corrected chi connectivity index (χ2v) is 4.69. The Bertz CT molecular complexity index is 402. The van der Waals surface area contributed by atoms with Crippen molar-refractivity contribution < 1.29 is 5.11 Å². The zero-order valence-electron chi connectivity index (χ0n) is 10.3. The summed E-state index contributed by atoms with van der Waals surface area (Å²) in [5, 5.41) is 9.51. The smallest absolute Gasteiger partial charge is 0.0605 e. The summed E-state index contributed by atoms with van der Waals surface area (Å²) in [5.74, 6) is 6.78. The first-order valence-electron chi connectivity index (χ1n) is 6.20. The molecule has 90 valence electrons. The monoisotopic (exact) mass is 229 g/mol. The van der Waals surface area contributed by atoms with E-state index in [1.807, 2.05) is 37.3 Å². The van der Waals surface area contributed by atoms with Crippen molar-refractivity contribution in [1.29, 1.82) is 0 Å². The van der Waals surface area contributed by atoms with Gasteiger partial charge in [0.25, 0.3) is 0 Å². The molecule has 0 aliphatic carbocycles. The minimum absolute atomic E-state index is 0.193. The molecule has 0 amide bonds. The topological polar surface area (TPSA) is 23.5 Å². The fourth-order valence-electron chi connectivity index (χ4n) is 2.17. The van der Waals surface area contributed by atoms with Gasteiger partial charge in [0.2, 0.25) is 0 Å². The maximum Gasteiger partial charge on any atom is 0.0605 e. The van der Waals surface area contributed by atoms with Crippen LogP contribution < -0.4 is 0 Å². The third-order valence-electron chi connectivity index (χ3n) is 3.30. The molecule has 17 heavy (non-hydrogen) atoms. The summed E-state index contributed by atoms with van der Waals surface area (Å²) in [6.45, 7) is 4.71. The number of benzene rings is 1. The van der Waals surface area contributed by atoms with Crippen LogP contribution in [0.2, 0.25) is 0 Å². The van der Waals surface area contributed by atoms with Crippen molar-refractivity contribution in [3.8, 4) is 11.8 Å². The Morgan fingerprint density at radius 1 is 1.41 bits per heavy atom. The van der Waals surface area contributed by atoms with E-state index in [0.29, 0.717) is 5.92 Å². The van der Waals surface area contributed by atoms with Crippen LogP contribution >= 0.6 is 0 Å². The van der Waals surface area contributed by atoms with E-state index in [0.717, 1.165) is 31.6 Å². The molecule has 1 aromatic carbocycles. The molecule has 1 aliphatic rings. The Labute approximate surface area is 103 Å². The molecule has 0 aromatic heterocycles. The third kappa shape index (κ3) is 3.59. The van der Waals surface area contributed by atoms with Crippen LogP contribution in [0.25, 0.3) is 0 Å². The molecular formula is C15H19NO. The van der Waals surface area contributed by atoms with Crippen LogP contribution in [-0.4, -0.2) is 35.7 Å². The van der Waals surface area contributed by atoms with Gasteiger partial charge in [0, 0.05) is 12.1 Å². The van der Waals surface area contributed by atoms with E-state index in [9.17, 15) is 5.11 Å². The summed E-state index contributed by atoms with van der Waals surface area (Å²) in [6, 6.07) is 10.1. The van der Waals surface area contributed by atoms with Crippen LogP contribution in [0.5, 0.6) is 0 Å². The third-order valence-corrected chi connectivity index (χ3v) is 3.30. The average Bonchev–Trinajstić information content (AvgIpc) is 2.79. The molecule has 2 atom stereocenters. The van der Waals surface area contributed by atoms with Crippen LogP contribution in [0, 0.1) is 17.8 Å². The average molecular weight is 229 g/mol. The number of hydrogen-bond acceptors (Lipinski definition) is 2. The van der Waals surface area contributed by atoms with Gasteiger partial charge in [0.15, 0.2) is 0 Å². The van der Waals surface area contributed by atoms with Gasteiger partial charge >= 0.3 is 0 Å². The molecule has 1 fully saturated rings. The van der Waals surface area contributed by atoms with E-state index < -0.39 is 0 Å². The van der Waals surface area contributed by atoms with E-state index in [-0.39, 0.29) is 6.10 Å². The maximum atomic E-state index is 9.51. The molecule has 2 rings (SSSR count). The second-order valence-electron chi connectivity index (χ2n) is 4.69. The van der Waals surface area contributed by atoms with Crippen LogP contribution in [0.3, 0.4) is 0 Å². The van der Waals surface area contributed by atoms with Crippen molar-refractivity contribution in [2.24, 2.45) is 5.92 Å². The fourth-order valence-corrected chi connectivity index (χ4v) is 2.17. The Morgan fingerprint density at radius 3 is 2.82 bits per heavy atom. The van der Waals surface area contributed by atoms with Crippen LogP contribution in [0.1, 0.15) is 18.9 Å². The van der Waals surface area contributed by atoms with E-state index in [1.165, 1.54) is 0 Å². The van der Waals surface area contributed by atoms with Gasteiger partial charge in [-0.25, -0.2) is 0 Å². The van der Waals surface area contributed by atoms with Gasteiger partial charge in [0.1, 0.15) is 0 Å². The zero-order chi connectivity index (χ0) is 12.1. The number of aliphatic hydroxyl groups excluding tert-OH is 1. The second kappa shape index (κ2) is 5.86. The van der Waals surface area contributed by atoms with Crippen molar-refractivity contribution >= 4 is 0 Å². The quantitative estimate of drug-likeness (QED) is 0.781. The fraction of sp³-hybridized carbons (Fsp3) is 0.467. The highest BCUT2D eigenvalue weighted by atomic mass is 16.3. The molecule has 2 nitrogen and oxygen atoms in total. The number of hydrogen-bond donors (Lipinski definition) is 1. The summed E-state index contributed by atoms with van der Waals surface area (Å²) < 4.78 is 0. The maximum absolute atomic E-state index is 9.51. The lowest BCUT2D eigenvalue weighted by Crippen LogP contribution is -2.24. The summed E-state index contributed by atoms with van der Waals surface area (Å²) in [7, 11) is 0. The summed E-state index contributed by atoms with van der Waals surface area (Å²) in [6.07, 6.45) is 0.895. The van der Waals surface area contributed by atoms with Gasteiger partial charge in [-0.05, 0) is 37.9 Å². The molecule has 1 N–H and O–H groups in total. The number of nitrogens with zero attached hydrogens (tertiary/aromatic N) is 1. The lowest BCUT2D eigenvalue weighted by molar-refractivity contribution is 0.129. The predicted molar refractivity (Wildman–Crippen MR) is 69.5 cm³/mol. The summed E-state index contributed by atoms with van der Waals surface area (Å²) in [4.78, 5) is 2.31. The Balaban J connectivity index is 1.82. The Morgan fingerprint density at radius 2 is 2.18 bits per heavy atom. The van der Waals surface area contributed by atoms with Crippen LogP contribution in [0.15, 0.2) is 30.3 Å². The zero-order valence-corrected chi connectivity index (χ0v) is 10.3. The van der Waals surface area contributed by atoms with E-state index >= 15 is 0 Å². The summed E-state index contributed by atoms with van der Waals surface area (Å²) in [5.41, 5.74) is 1.07. The van der Waals surface area contributed by atoms with Gasteiger partial charge in [0.05, 0.1) is 12.6 Å². The number of likely N-dealkylation sites (tertiary alicyclic amines) is 1. The lowest BCUT2D eigenvalue weighted by Gasteiger charge is -2.14. The highest BCUT2D eigenvalue weighted by molar-refractivity contribution is 5.33. The molecule has 2 unspecified atom stereocenters. The molecule has 0 saturated carbocycles. The number of aliphatic hydroxyl groups is 1. The normalized spacial score (nSPS) is 21.9. The molecule has 1 saturated heterocycles. The minimum atomic E-state index is -0.193. The first kappa shape index (κ1) is 12.2. The van der Waals surface area contributed by atoms with Crippen LogP contribution in [0.4, 0.5) is 0 Å². The van der Waals surface area contributed by atoms with Gasteiger partial charge in [-0.15, -0.1) is 0 Å². The van der Waals surface area contributed by atoms with Gasteiger partial charge < -0.3 is 5.11 Å². The minimum Gasteiger partial charge on any atom is -0.393 e. The lowest BCUT2D eigenvalue weighted by atomic mass is 10.0. The first-order chi connectivity index (χ1) is 8.25.